The third kappa shape index (κ3) is 3.45. The predicted octanol–water partition coefficient (Wildman–Crippen LogP) is 2.41. The molecule has 1 amide bonds. The van der Waals surface area contributed by atoms with Gasteiger partial charge in [0.1, 0.15) is 0 Å². The van der Waals surface area contributed by atoms with Crippen molar-refractivity contribution in [1.82, 2.24) is 24.8 Å². The first-order chi connectivity index (χ1) is 11.2. The fourth-order valence-corrected chi connectivity index (χ4v) is 2.46. The lowest BCUT2D eigenvalue weighted by molar-refractivity contribution is 0.0782. The van der Waals surface area contributed by atoms with Crippen molar-refractivity contribution in [2.75, 3.05) is 13.3 Å². The highest BCUT2D eigenvalue weighted by molar-refractivity contribution is 7.98. The van der Waals surface area contributed by atoms with Crippen molar-refractivity contribution in [2.24, 2.45) is 0 Å². The fourth-order valence-electron chi connectivity index (χ4n) is 2.14. The quantitative estimate of drug-likeness (QED) is 0.542. The lowest BCUT2D eigenvalue weighted by Gasteiger charge is -2.16. The molecule has 0 radical (unpaired) electrons. The number of aromatic nitrogens is 4. The molecule has 0 aliphatic carbocycles. The van der Waals surface area contributed by atoms with E-state index < -0.39 is 0 Å². The largest absolute Gasteiger partial charge is 0.336 e. The molecule has 0 bridgehead atoms. The molecule has 0 saturated carbocycles. The number of nitrogens with zero attached hydrogens (tertiary/aromatic N) is 5. The van der Waals surface area contributed by atoms with Crippen molar-refractivity contribution in [3.63, 3.8) is 0 Å². The van der Waals surface area contributed by atoms with Gasteiger partial charge in [0.2, 0.25) is 0 Å². The van der Waals surface area contributed by atoms with Crippen LogP contribution in [0.4, 0.5) is 0 Å². The monoisotopic (exact) mass is 325 g/mol. The molecule has 0 aliphatic rings. The Hall–Kier alpha value is -2.54. The number of carbonyl (C=O) groups excluding carboxylic acids is 1. The minimum atomic E-state index is -0.146. The average molecular weight is 325 g/mol. The first-order valence-electron chi connectivity index (χ1n) is 6.99. The van der Waals surface area contributed by atoms with Gasteiger partial charge in [-0.2, -0.15) is 0 Å². The Morgan fingerprint density at radius 3 is 2.48 bits per heavy atom. The van der Waals surface area contributed by atoms with Gasteiger partial charge < -0.3 is 4.90 Å². The molecule has 2 aromatic heterocycles. The molecule has 0 atom stereocenters. The molecule has 0 aliphatic heterocycles. The maximum atomic E-state index is 12.4. The Kier molecular flexibility index (Phi) is 4.47. The van der Waals surface area contributed by atoms with Crippen LogP contribution in [-0.4, -0.2) is 44.0 Å². The van der Waals surface area contributed by atoms with Gasteiger partial charge in [-0.05, 0) is 18.4 Å². The van der Waals surface area contributed by atoms with Gasteiger partial charge in [0, 0.05) is 19.4 Å². The second-order valence-corrected chi connectivity index (χ2v) is 5.74. The fraction of sp³-hybridized carbons (Fsp3) is 0.188. The molecule has 6 nitrogen and oxygen atoms in total. The molecule has 0 saturated heterocycles. The summed E-state index contributed by atoms with van der Waals surface area (Å²) < 4.78 is 0. The summed E-state index contributed by atoms with van der Waals surface area (Å²) in [6, 6.07) is 7.65. The van der Waals surface area contributed by atoms with E-state index in [-0.39, 0.29) is 5.91 Å². The molecular formula is C16H15N5OS. The number of amides is 1. The zero-order valence-electron chi connectivity index (χ0n) is 12.8. The average Bonchev–Trinajstić information content (AvgIpc) is 2.61. The summed E-state index contributed by atoms with van der Waals surface area (Å²) in [7, 11) is 1.72. The van der Waals surface area contributed by atoms with Crippen LogP contribution in [-0.2, 0) is 6.54 Å². The van der Waals surface area contributed by atoms with E-state index in [1.165, 1.54) is 11.8 Å². The summed E-state index contributed by atoms with van der Waals surface area (Å²) in [5.74, 6) is -0.146. The van der Waals surface area contributed by atoms with Gasteiger partial charge in [-0.1, -0.05) is 23.9 Å². The van der Waals surface area contributed by atoms with Crippen LogP contribution >= 0.6 is 11.8 Å². The Balaban J connectivity index is 1.76. The van der Waals surface area contributed by atoms with E-state index in [1.54, 1.807) is 30.5 Å². The Morgan fingerprint density at radius 2 is 1.78 bits per heavy atom. The van der Waals surface area contributed by atoms with Crippen LogP contribution in [0, 0.1) is 0 Å². The molecule has 3 rings (SSSR count). The highest BCUT2D eigenvalue weighted by Gasteiger charge is 2.14. The second-order valence-electron chi connectivity index (χ2n) is 4.97. The molecule has 0 fully saturated rings. The molecular weight excluding hydrogens is 310 g/mol. The summed E-state index contributed by atoms with van der Waals surface area (Å²) in [4.78, 5) is 31.1. The molecule has 3 aromatic rings. The van der Waals surface area contributed by atoms with Gasteiger partial charge >= 0.3 is 0 Å². The molecule has 2 heterocycles. The van der Waals surface area contributed by atoms with Crippen LogP contribution in [0.2, 0.25) is 0 Å². The van der Waals surface area contributed by atoms with E-state index in [2.05, 4.69) is 19.9 Å². The zero-order valence-corrected chi connectivity index (χ0v) is 13.6. The van der Waals surface area contributed by atoms with Crippen LogP contribution in [0.1, 0.15) is 16.1 Å². The molecule has 0 spiro atoms. The number of hydrogen-bond acceptors (Lipinski definition) is 6. The number of fused-ring (bicyclic) bond motifs is 1. The maximum absolute atomic E-state index is 12.4. The Bertz CT molecular complexity index is 837. The number of thioether (sulfide) groups is 1. The van der Waals surface area contributed by atoms with E-state index in [9.17, 15) is 4.79 Å². The van der Waals surface area contributed by atoms with Crippen molar-refractivity contribution in [3.8, 4) is 0 Å². The summed E-state index contributed by atoms with van der Waals surface area (Å²) >= 11 is 1.44. The minimum Gasteiger partial charge on any atom is -0.336 e. The lowest BCUT2D eigenvalue weighted by Crippen LogP contribution is -2.27. The van der Waals surface area contributed by atoms with Gasteiger partial charge in [-0.15, -0.1) is 0 Å². The van der Waals surface area contributed by atoms with E-state index in [0.717, 1.165) is 16.7 Å². The second kappa shape index (κ2) is 6.70. The Labute approximate surface area is 138 Å². The summed E-state index contributed by atoms with van der Waals surface area (Å²) in [5, 5.41) is 0.643. The molecule has 23 heavy (non-hydrogen) atoms. The molecule has 0 unspecified atom stereocenters. The standard InChI is InChI=1S/C16H15N5OS/c1-21(15(22)11-7-18-16(23-2)19-8-11)10-12-9-17-13-5-3-4-6-14(13)20-12/h3-9H,10H2,1-2H3. The van der Waals surface area contributed by atoms with Crippen LogP contribution in [0.25, 0.3) is 11.0 Å². The summed E-state index contributed by atoms with van der Waals surface area (Å²) in [6.07, 6.45) is 6.67. The summed E-state index contributed by atoms with van der Waals surface area (Å²) in [6.45, 7) is 0.376. The first-order valence-corrected chi connectivity index (χ1v) is 8.22. The van der Waals surface area contributed by atoms with Gasteiger partial charge in [-0.3, -0.25) is 9.78 Å². The van der Waals surface area contributed by atoms with Crippen LogP contribution in [0.15, 0.2) is 48.0 Å². The third-order valence-electron chi connectivity index (χ3n) is 3.30. The SMILES string of the molecule is CSc1ncc(C(=O)N(C)Cc2cnc3ccccc3n2)cn1. The van der Waals surface area contributed by atoms with Crippen LogP contribution in [0.5, 0.6) is 0 Å². The minimum absolute atomic E-state index is 0.146. The summed E-state index contributed by atoms with van der Waals surface area (Å²) in [5.41, 5.74) is 2.85. The molecule has 1 aromatic carbocycles. The molecule has 116 valence electrons. The number of hydrogen-bond donors (Lipinski definition) is 0. The van der Waals surface area contributed by atoms with Crippen LogP contribution in [0.3, 0.4) is 0 Å². The van der Waals surface area contributed by atoms with Gasteiger partial charge in [0.05, 0.1) is 35.0 Å². The normalized spacial score (nSPS) is 10.7. The predicted molar refractivity (Wildman–Crippen MR) is 89.1 cm³/mol. The van der Waals surface area contributed by atoms with Crippen molar-refractivity contribution in [3.05, 3.63) is 54.1 Å². The van der Waals surface area contributed by atoms with Crippen molar-refractivity contribution in [1.29, 1.82) is 0 Å². The topological polar surface area (TPSA) is 71.9 Å². The number of benzene rings is 1. The van der Waals surface area contributed by atoms with E-state index >= 15 is 0 Å². The zero-order chi connectivity index (χ0) is 16.2. The van der Waals surface area contributed by atoms with Crippen molar-refractivity contribution in [2.45, 2.75) is 11.7 Å². The van der Waals surface area contributed by atoms with Crippen molar-refractivity contribution < 1.29 is 4.79 Å². The van der Waals surface area contributed by atoms with E-state index in [4.69, 9.17) is 0 Å². The molecule has 0 N–H and O–H groups in total. The van der Waals surface area contributed by atoms with E-state index in [1.807, 2.05) is 30.5 Å². The third-order valence-corrected chi connectivity index (χ3v) is 3.88. The lowest BCUT2D eigenvalue weighted by atomic mass is 10.2. The number of carbonyl (C=O) groups is 1. The highest BCUT2D eigenvalue weighted by Crippen LogP contribution is 2.12. The molecule has 7 heteroatoms. The number of rotatable bonds is 4. The van der Waals surface area contributed by atoms with Crippen molar-refractivity contribution >= 4 is 28.7 Å². The van der Waals surface area contributed by atoms with Gasteiger partial charge in [0.15, 0.2) is 5.16 Å². The first kappa shape index (κ1) is 15.4. The maximum Gasteiger partial charge on any atom is 0.257 e. The smallest absolute Gasteiger partial charge is 0.257 e. The Morgan fingerprint density at radius 1 is 1.09 bits per heavy atom. The highest BCUT2D eigenvalue weighted by atomic mass is 32.2. The van der Waals surface area contributed by atoms with E-state index in [0.29, 0.717) is 17.3 Å². The van der Waals surface area contributed by atoms with Crippen LogP contribution < -0.4 is 0 Å². The van der Waals surface area contributed by atoms with Gasteiger partial charge in [-0.25, -0.2) is 15.0 Å². The van der Waals surface area contributed by atoms with Gasteiger partial charge in [0.25, 0.3) is 5.91 Å². The number of para-hydroxylation sites is 2.